The molecule has 5 heteroatoms. The van der Waals surface area contributed by atoms with E-state index in [4.69, 9.17) is 4.74 Å². The van der Waals surface area contributed by atoms with E-state index in [0.29, 0.717) is 11.5 Å². The zero-order valence-electron chi connectivity index (χ0n) is 7.96. The Hall–Kier alpha value is -1.36. The van der Waals surface area contributed by atoms with E-state index in [1.807, 2.05) is 13.0 Å². The quantitative estimate of drug-likeness (QED) is 0.772. The van der Waals surface area contributed by atoms with E-state index in [2.05, 4.69) is 10.2 Å². The monoisotopic (exact) mass is 210 g/mol. The van der Waals surface area contributed by atoms with Gasteiger partial charge >= 0.3 is 5.97 Å². The minimum atomic E-state index is -0.269. The Morgan fingerprint density at radius 3 is 3.14 bits per heavy atom. The molecule has 0 aliphatic heterocycles. The summed E-state index contributed by atoms with van der Waals surface area (Å²) in [5, 5.41) is 7.93. The normalized spacial score (nSPS) is 10.7. The largest absolute Gasteiger partial charge is 0.462 e. The summed E-state index contributed by atoms with van der Waals surface area (Å²) >= 11 is 1.35. The van der Waals surface area contributed by atoms with Crippen molar-refractivity contribution in [2.45, 2.75) is 13.8 Å². The lowest BCUT2D eigenvalue weighted by Gasteiger charge is -1.96. The first-order valence-electron chi connectivity index (χ1n) is 4.34. The number of aromatic nitrogens is 2. The third-order valence-electron chi connectivity index (χ3n) is 1.92. The number of rotatable bonds is 2. The molecule has 0 saturated carbocycles. The lowest BCUT2D eigenvalue weighted by atomic mass is 10.3. The van der Waals surface area contributed by atoms with Crippen LogP contribution in [0.2, 0.25) is 0 Å². The summed E-state index contributed by atoms with van der Waals surface area (Å²) in [6, 6.07) is 1.82. The second-order valence-electron chi connectivity index (χ2n) is 2.90. The highest BCUT2D eigenvalue weighted by molar-refractivity contribution is 7.20. The number of carbonyl (C=O) groups is 1. The van der Waals surface area contributed by atoms with Gasteiger partial charge in [-0.15, -0.1) is 11.3 Å². The molecule has 0 amide bonds. The molecular formula is C9H10N2O2S. The maximum absolute atomic E-state index is 11.4. The van der Waals surface area contributed by atoms with Gasteiger partial charge in [-0.25, -0.2) is 4.79 Å². The number of esters is 1. The van der Waals surface area contributed by atoms with Crippen LogP contribution in [0.1, 0.15) is 22.3 Å². The molecule has 0 bridgehead atoms. The van der Waals surface area contributed by atoms with Gasteiger partial charge in [-0.05, 0) is 19.9 Å². The van der Waals surface area contributed by atoms with E-state index in [1.54, 1.807) is 6.92 Å². The maximum atomic E-state index is 11.4. The topological polar surface area (TPSA) is 55.0 Å². The Morgan fingerprint density at radius 2 is 2.50 bits per heavy atom. The van der Waals surface area contributed by atoms with Crippen LogP contribution in [0.15, 0.2) is 6.07 Å². The molecule has 0 fully saturated rings. The fourth-order valence-corrected chi connectivity index (χ4v) is 2.17. The Bertz CT molecular complexity index is 472. The summed E-state index contributed by atoms with van der Waals surface area (Å²) in [5.74, 6) is -0.269. The highest BCUT2D eigenvalue weighted by Crippen LogP contribution is 2.26. The van der Waals surface area contributed by atoms with Gasteiger partial charge < -0.3 is 4.74 Å². The number of fused-ring (bicyclic) bond motifs is 1. The number of nitrogens with one attached hydrogen (secondary N) is 1. The Balaban J connectivity index is 2.40. The van der Waals surface area contributed by atoms with Crippen LogP contribution < -0.4 is 0 Å². The molecule has 4 nitrogen and oxygen atoms in total. The minimum Gasteiger partial charge on any atom is -0.462 e. The van der Waals surface area contributed by atoms with Gasteiger partial charge in [0.25, 0.3) is 0 Å². The van der Waals surface area contributed by atoms with Crippen molar-refractivity contribution in [3.8, 4) is 0 Å². The number of H-pyrrole nitrogens is 1. The van der Waals surface area contributed by atoms with Gasteiger partial charge in [0, 0.05) is 11.1 Å². The van der Waals surface area contributed by atoms with Crippen molar-refractivity contribution in [3.05, 3.63) is 16.6 Å². The van der Waals surface area contributed by atoms with Crippen LogP contribution in [0.5, 0.6) is 0 Å². The summed E-state index contributed by atoms with van der Waals surface area (Å²) in [6.07, 6.45) is 0. The highest BCUT2D eigenvalue weighted by Gasteiger charge is 2.13. The van der Waals surface area contributed by atoms with E-state index in [-0.39, 0.29) is 5.97 Å². The number of thiophene rings is 1. The van der Waals surface area contributed by atoms with Crippen molar-refractivity contribution in [1.82, 2.24) is 10.2 Å². The lowest BCUT2D eigenvalue weighted by molar-refractivity contribution is 0.0532. The first kappa shape index (κ1) is 9.21. The molecule has 0 spiro atoms. The maximum Gasteiger partial charge on any atom is 0.348 e. The van der Waals surface area contributed by atoms with E-state index in [0.717, 1.165) is 15.9 Å². The molecule has 2 rings (SSSR count). The number of carbonyl (C=O) groups excluding carboxylic acids is 1. The summed E-state index contributed by atoms with van der Waals surface area (Å²) in [6.45, 7) is 4.12. The van der Waals surface area contributed by atoms with Crippen LogP contribution in [-0.4, -0.2) is 22.8 Å². The molecule has 0 atom stereocenters. The van der Waals surface area contributed by atoms with Crippen LogP contribution >= 0.6 is 11.3 Å². The van der Waals surface area contributed by atoms with E-state index >= 15 is 0 Å². The van der Waals surface area contributed by atoms with Crippen molar-refractivity contribution in [3.63, 3.8) is 0 Å². The van der Waals surface area contributed by atoms with Gasteiger partial charge in [0.2, 0.25) is 0 Å². The Morgan fingerprint density at radius 1 is 1.71 bits per heavy atom. The molecule has 0 aromatic carbocycles. The number of ether oxygens (including phenoxy) is 1. The summed E-state index contributed by atoms with van der Waals surface area (Å²) in [7, 11) is 0. The SMILES string of the molecule is CCOC(=O)c1cc2c(C)[nH]nc2s1. The van der Waals surface area contributed by atoms with E-state index in [9.17, 15) is 4.79 Å². The number of aryl methyl sites for hydroxylation is 1. The van der Waals surface area contributed by atoms with Crippen LogP contribution in [-0.2, 0) is 4.74 Å². The fraction of sp³-hybridized carbons (Fsp3) is 0.333. The molecule has 2 heterocycles. The standard InChI is InChI=1S/C9H10N2O2S/c1-3-13-9(12)7-4-6-5(2)10-11-8(6)14-7/h4H,3H2,1-2H3,(H,10,11). The third-order valence-corrected chi connectivity index (χ3v) is 2.93. The molecule has 14 heavy (non-hydrogen) atoms. The summed E-state index contributed by atoms with van der Waals surface area (Å²) in [4.78, 5) is 12.8. The van der Waals surface area contributed by atoms with Crippen LogP contribution in [0, 0.1) is 6.92 Å². The summed E-state index contributed by atoms with van der Waals surface area (Å²) in [5.41, 5.74) is 0.979. The van der Waals surface area contributed by atoms with Crippen molar-refractivity contribution >= 4 is 27.5 Å². The molecule has 0 unspecified atom stereocenters. The Kier molecular flexibility index (Phi) is 2.25. The van der Waals surface area contributed by atoms with Crippen molar-refractivity contribution in [2.75, 3.05) is 6.61 Å². The van der Waals surface area contributed by atoms with Crippen LogP contribution in [0.25, 0.3) is 10.2 Å². The molecule has 0 aliphatic rings. The van der Waals surface area contributed by atoms with Crippen molar-refractivity contribution < 1.29 is 9.53 Å². The van der Waals surface area contributed by atoms with E-state index < -0.39 is 0 Å². The summed E-state index contributed by atoms with van der Waals surface area (Å²) < 4.78 is 4.90. The zero-order chi connectivity index (χ0) is 10.1. The predicted molar refractivity (Wildman–Crippen MR) is 54.7 cm³/mol. The molecule has 0 saturated heterocycles. The van der Waals surface area contributed by atoms with Gasteiger partial charge in [-0.3, -0.25) is 5.10 Å². The average Bonchev–Trinajstić information content (AvgIpc) is 2.69. The number of hydrogen-bond donors (Lipinski definition) is 1. The minimum absolute atomic E-state index is 0.269. The first-order valence-corrected chi connectivity index (χ1v) is 5.15. The second-order valence-corrected chi connectivity index (χ2v) is 3.93. The molecular weight excluding hydrogens is 200 g/mol. The van der Waals surface area contributed by atoms with Gasteiger partial charge in [-0.2, -0.15) is 5.10 Å². The highest BCUT2D eigenvalue weighted by atomic mass is 32.1. The van der Waals surface area contributed by atoms with Gasteiger partial charge in [0.1, 0.15) is 9.71 Å². The molecule has 0 radical (unpaired) electrons. The van der Waals surface area contributed by atoms with Crippen molar-refractivity contribution in [2.24, 2.45) is 0 Å². The Labute approximate surface area is 84.9 Å². The average molecular weight is 210 g/mol. The van der Waals surface area contributed by atoms with Crippen LogP contribution in [0.4, 0.5) is 0 Å². The molecule has 2 aromatic heterocycles. The third kappa shape index (κ3) is 1.39. The number of nitrogens with zero attached hydrogens (tertiary/aromatic N) is 1. The smallest absolute Gasteiger partial charge is 0.348 e. The van der Waals surface area contributed by atoms with Gasteiger partial charge in [0.15, 0.2) is 0 Å². The molecule has 0 aliphatic carbocycles. The van der Waals surface area contributed by atoms with Crippen molar-refractivity contribution in [1.29, 1.82) is 0 Å². The zero-order valence-corrected chi connectivity index (χ0v) is 8.77. The lowest BCUT2D eigenvalue weighted by Crippen LogP contribution is -2.01. The van der Waals surface area contributed by atoms with Gasteiger partial charge in [0.05, 0.1) is 6.61 Å². The first-order chi connectivity index (χ1) is 6.72. The van der Waals surface area contributed by atoms with E-state index in [1.165, 1.54) is 11.3 Å². The van der Waals surface area contributed by atoms with Crippen LogP contribution in [0.3, 0.4) is 0 Å². The predicted octanol–water partition coefficient (Wildman–Crippen LogP) is 2.11. The molecule has 74 valence electrons. The second kappa shape index (κ2) is 3.42. The number of aromatic amines is 1. The van der Waals surface area contributed by atoms with Gasteiger partial charge in [-0.1, -0.05) is 0 Å². The fourth-order valence-electron chi connectivity index (χ4n) is 1.23. The molecule has 1 N–H and O–H groups in total. The molecule has 2 aromatic rings. The number of hydrogen-bond acceptors (Lipinski definition) is 4.